The van der Waals surface area contributed by atoms with E-state index in [1.54, 1.807) is 0 Å². The number of ketones is 1. The molecule has 0 aromatic carbocycles. The molecule has 0 saturated carbocycles. The van der Waals surface area contributed by atoms with Crippen molar-refractivity contribution >= 4 is 11.7 Å². The normalized spacial score (nSPS) is 23.1. The SMILES string of the molecule is CC(C)(C)C(=O)CC1CCCNC1=O. The molecule has 1 N–H and O–H groups in total. The van der Waals surface area contributed by atoms with Crippen LogP contribution in [0.1, 0.15) is 40.0 Å². The molecule has 0 aromatic rings. The van der Waals surface area contributed by atoms with E-state index in [9.17, 15) is 9.59 Å². The van der Waals surface area contributed by atoms with Gasteiger partial charge in [0.15, 0.2) is 0 Å². The summed E-state index contributed by atoms with van der Waals surface area (Å²) >= 11 is 0. The average Bonchev–Trinajstić information content (AvgIpc) is 2.07. The van der Waals surface area contributed by atoms with E-state index in [0.29, 0.717) is 6.42 Å². The topological polar surface area (TPSA) is 46.2 Å². The van der Waals surface area contributed by atoms with E-state index >= 15 is 0 Å². The van der Waals surface area contributed by atoms with Crippen LogP contribution >= 0.6 is 0 Å². The minimum absolute atomic E-state index is 0.0499. The molecule has 14 heavy (non-hydrogen) atoms. The summed E-state index contributed by atoms with van der Waals surface area (Å²) in [5.74, 6) is 0.142. The molecular formula is C11H19NO2. The maximum atomic E-state index is 11.7. The molecule has 0 spiro atoms. The molecule has 1 aliphatic rings. The van der Waals surface area contributed by atoms with Crippen molar-refractivity contribution in [3.63, 3.8) is 0 Å². The standard InChI is InChI=1S/C11H19NO2/c1-11(2,3)9(13)7-8-5-4-6-12-10(8)14/h8H,4-7H2,1-3H3,(H,12,14). The van der Waals surface area contributed by atoms with Crippen molar-refractivity contribution in [3.05, 3.63) is 0 Å². The van der Waals surface area contributed by atoms with Crippen LogP contribution in [-0.4, -0.2) is 18.2 Å². The van der Waals surface area contributed by atoms with E-state index in [1.165, 1.54) is 0 Å². The van der Waals surface area contributed by atoms with Gasteiger partial charge in [0, 0.05) is 24.3 Å². The number of rotatable bonds is 2. The third-order valence-electron chi connectivity index (χ3n) is 2.67. The molecule has 1 heterocycles. The summed E-state index contributed by atoms with van der Waals surface area (Å²) in [4.78, 5) is 23.1. The zero-order valence-corrected chi connectivity index (χ0v) is 9.22. The van der Waals surface area contributed by atoms with Crippen molar-refractivity contribution in [2.24, 2.45) is 11.3 Å². The number of nitrogens with one attached hydrogen (secondary N) is 1. The summed E-state index contributed by atoms with van der Waals surface area (Å²) in [6.07, 6.45) is 2.25. The van der Waals surface area contributed by atoms with Gasteiger partial charge in [-0.1, -0.05) is 20.8 Å². The van der Waals surface area contributed by atoms with Crippen molar-refractivity contribution < 1.29 is 9.59 Å². The maximum Gasteiger partial charge on any atom is 0.223 e. The van der Waals surface area contributed by atoms with Gasteiger partial charge < -0.3 is 5.32 Å². The summed E-state index contributed by atoms with van der Waals surface area (Å²) in [7, 11) is 0. The third kappa shape index (κ3) is 2.82. The number of carbonyl (C=O) groups excluding carboxylic acids is 2. The van der Waals surface area contributed by atoms with Crippen LogP contribution < -0.4 is 5.32 Å². The van der Waals surface area contributed by atoms with Crippen LogP contribution in [0.2, 0.25) is 0 Å². The highest BCUT2D eigenvalue weighted by Crippen LogP contribution is 2.23. The van der Waals surface area contributed by atoms with Gasteiger partial charge in [0.1, 0.15) is 5.78 Å². The fourth-order valence-electron chi connectivity index (χ4n) is 1.56. The number of hydrogen-bond donors (Lipinski definition) is 1. The minimum Gasteiger partial charge on any atom is -0.356 e. The van der Waals surface area contributed by atoms with Crippen LogP contribution in [0.25, 0.3) is 0 Å². The van der Waals surface area contributed by atoms with E-state index in [2.05, 4.69) is 5.32 Å². The lowest BCUT2D eigenvalue weighted by atomic mass is 9.83. The molecule has 0 aliphatic carbocycles. The maximum absolute atomic E-state index is 11.7. The van der Waals surface area contributed by atoms with E-state index in [1.807, 2.05) is 20.8 Å². The Hall–Kier alpha value is -0.860. The Morgan fingerprint density at radius 3 is 2.64 bits per heavy atom. The molecule has 0 bridgehead atoms. The first-order chi connectivity index (χ1) is 6.41. The van der Waals surface area contributed by atoms with Crippen LogP contribution in [0.3, 0.4) is 0 Å². The van der Waals surface area contributed by atoms with Crippen LogP contribution in [0.5, 0.6) is 0 Å². The van der Waals surface area contributed by atoms with Crippen LogP contribution in [0.4, 0.5) is 0 Å². The van der Waals surface area contributed by atoms with Gasteiger partial charge in [0.2, 0.25) is 5.91 Å². The second kappa shape index (κ2) is 4.11. The monoisotopic (exact) mass is 197 g/mol. The second-order valence-corrected chi connectivity index (χ2v) is 5.01. The highest BCUT2D eigenvalue weighted by atomic mass is 16.2. The quantitative estimate of drug-likeness (QED) is 0.729. The largest absolute Gasteiger partial charge is 0.356 e. The van der Waals surface area contributed by atoms with Gasteiger partial charge in [-0.15, -0.1) is 0 Å². The minimum atomic E-state index is -0.322. The first-order valence-corrected chi connectivity index (χ1v) is 5.22. The van der Waals surface area contributed by atoms with Gasteiger partial charge in [-0.25, -0.2) is 0 Å². The third-order valence-corrected chi connectivity index (χ3v) is 2.67. The summed E-state index contributed by atoms with van der Waals surface area (Å²) in [6, 6.07) is 0. The Morgan fingerprint density at radius 2 is 2.14 bits per heavy atom. The van der Waals surface area contributed by atoms with Crippen molar-refractivity contribution in [2.45, 2.75) is 40.0 Å². The van der Waals surface area contributed by atoms with Gasteiger partial charge in [0.25, 0.3) is 0 Å². The first kappa shape index (κ1) is 11.2. The van der Waals surface area contributed by atoms with Gasteiger partial charge >= 0.3 is 0 Å². The zero-order chi connectivity index (χ0) is 10.8. The molecule has 0 radical (unpaired) electrons. The Balaban J connectivity index is 2.51. The van der Waals surface area contributed by atoms with E-state index in [-0.39, 0.29) is 23.0 Å². The van der Waals surface area contributed by atoms with Crippen LogP contribution in [-0.2, 0) is 9.59 Å². The molecule has 1 aliphatic heterocycles. The molecule has 1 atom stereocenters. The molecular weight excluding hydrogens is 178 g/mol. The smallest absolute Gasteiger partial charge is 0.223 e. The molecule has 1 fully saturated rings. The molecule has 1 unspecified atom stereocenters. The summed E-state index contributed by atoms with van der Waals surface area (Å²) in [5.41, 5.74) is -0.322. The fourth-order valence-corrected chi connectivity index (χ4v) is 1.56. The van der Waals surface area contributed by atoms with Crippen molar-refractivity contribution in [1.29, 1.82) is 0 Å². The van der Waals surface area contributed by atoms with Gasteiger partial charge in [-0.2, -0.15) is 0 Å². The highest BCUT2D eigenvalue weighted by molar-refractivity contribution is 5.89. The number of carbonyl (C=O) groups is 2. The molecule has 80 valence electrons. The summed E-state index contributed by atoms with van der Waals surface area (Å²) in [5, 5.41) is 2.80. The Labute approximate surface area is 85.3 Å². The Morgan fingerprint density at radius 1 is 1.50 bits per heavy atom. The molecule has 1 rings (SSSR count). The van der Waals surface area contributed by atoms with Crippen LogP contribution in [0.15, 0.2) is 0 Å². The Kier molecular flexibility index (Phi) is 3.29. The summed E-state index contributed by atoms with van der Waals surface area (Å²) in [6.45, 7) is 6.46. The van der Waals surface area contributed by atoms with E-state index in [4.69, 9.17) is 0 Å². The van der Waals surface area contributed by atoms with Crippen LogP contribution in [0, 0.1) is 11.3 Å². The molecule has 1 amide bonds. The molecule has 3 heteroatoms. The highest BCUT2D eigenvalue weighted by Gasteiger charge is 2.29. The number of Topliss-reactive ketones (excluding diaryl/α,β-unsaturated/α-hetero) is 1. The molecule has 0 aromatic heterocycles. The Bertz CT molecular complexity index is 240. The predicted molar refractivity (Wildman–Crippen MR) is 54.8 cm³/mol. The fraction of sp³-hybridized carbons (Fsp3) is 0.818. The van der Waals surface area contributed by atoms with Gasteiger partial charge in [-0.3, -0.25) is 9.59 Å². The lowest BCUT2D eigenvalue weighted by molar-refractivity contribution is -0.134. The first-order valence-electron chi connectivity index (χ1n) is 5.22. The van der Waals surface area contributed by atoms with Crippen molar-refractivity contribution in [3.8, 4) is 0 Å². The van der Waals surface area contributed by atoms with E-state index < -0.39 is 0 Å². The average molecular weight is 197 g/mol. The lowest BCUT2D eigenvalue weighted by Crippen LogP contribution is -2.38. The molecule has 3 nitrogen and oxygen atoms in total. The lowest BCUT2D eigenvalue weighted by Gasteiger charge is -2.24. The number of amides is 1. The number of hydrogen-bond acceptors (Lipinski definition) is 2. The predicted octanol–water partition coefficient (Wildman–Crippen LogP) is 1.52. The second-order valence-electron chi connectivity index (χ2n) is 5.01. The van der Waals surface area contributed by atoms with E-state index in [0.717, 1.165) is 19.4 Å². The van der Waals surface area contributed by atoms with Crippen molar-refractivity contribution in [2.75, 3.05) is 6.54 Å². The summed E-state index contributed by atoms with van der Waals surface area (Å²) < 4.78 is 0. The van der Waals surface area contributed by atoms with Gasteiger partial charge in [0.05, 0.1) is 0 Å². The number of piperidine rings is 1. The van der Waals surface area contributed by atoms with Crippen molar-refractivity contribution in [1.82, 2.24) is 5.32 Å². The van der Waals surface area contributed by atoms with Gasteiger partial charge in [-0.05, 0) is 12.8 Å². The zero-order valence-electron chi connectivity index (χ0n) is 9.22. The molecule has 1 saturated heterocycles.